The molecule has 1 aliphatic heterocycles. The van der Waals surface area contributed by atoms with E-state index in [0.717, 1.165) is 50.8 Å². The minimum Gasteiger partial charge on any atom is -0.379 e. The van der Waals surface area contributed by atoms with Gasteiger partial charge in [-0.2, -0.15) is 0 Å². The zero-order chi connectivity index (χ0) is 19.9. The first-order valence-electron chi connectivity index (χ1n) is 9.38. The molecule has 2 atom stereocenters. The Balaban J connectivity index is 1.75. The average molecular weight is 397 g/mol. The van der Waals surface area contributed by atoms with Crippen molar-refractivity contribution < 1.29 is 13.2 Å². The predicted molar refractivity (Wildman–Crippen MR) is 109 cm³/mol. The largest absolute Gasteiger partial charge is 0.379 e. The first-order valence-corrected chi connectivity index (χ1v) is 11.3. The molecule has 0 bridgehead atoms. The molecule has 27 heavy (non-hydrogen) atoms. The summed E-state index contributed by atoms with van der Waals surface area (Å²) in [6.07, 6.45) is 2.01. The number of ether oxygens (including phenoxy) is 1. The summed E-state index contributed by atoms with van der Waals surface area (Å²) in [5, 5.41) is 6.69. The minimum atomic E-state index is -3.14. The molecule has 2 rings (SSSR count). The zero-order valence-corrected chi connectivity index (χ0v) is 17.6. The first-order chi connectivity index (χ1) is 12.8. The molecule has 7 nitrogen and oxygen atoms in total. The number of aliphatic imine (C=N–C) groups is 1. The monoisotopic (exact) mass is 396 g/mol. The van der Waals surface area contributed by atoms with Crippen molar-refractivity contribution in [1.82, 2.24) is 15.5 Å². The third kappa shape index (κ3) is 6.79. The van der Waals surface area contributed by atoms with E-state index in [2.05, 4.69) is 34.4 Å². The molecule has 0 spiro atoms. The van der Waals surface area contributed by atoms with Crippen molar-refractivity contribution in [2.24, 2.45) is 4.99 Å². The summed E-state index contributed by atoms with van der Waals surface area (Å²) in [6.45, 7) is 8.48. The van der Waals surface area contributed by atoms with Crippen molar-refractivity contribution in [3.8, 4) is 0 Å². The van der Waals surface area contributed by atoms with Crippen LogP contribution >= 0.6 is 0 Å². The molecule has 2 N–H and O–H groups in total. The molecule has 0 radical (unpaired) electrons. The van der Waals surface area contributed by atoms with Gasteiger partial charge in [-0.15, -0.1) is 0 Å². The van der Waals surface area contributed by atoms with Crippen LogP contribution in [-0.4, -0.2) is 77.5 Å². The summed E-state index contributed by atoms with van der Waals surface area (Å²) in [7, 11) is -1.38. The fourth-order valence-corrected chi connectivity index (χ4v) is 3.84. The molecule has 1 aliphatic rings. The number of benzene rings is 1. The number of morpholine rings is 1. The maximum absolute atomic E-state index is 11.5. The van der Waals surface area contributed by atoms with E-state index in [1.165, 1.54) is 6.26 Å². The van der Waals surface area contributed by atoms with Gasteiger partial charge in [-0.3, -0.25) is 9.89 Å². The predicted octanol–water partition coefficient (Wildman–Crippen LogP) is 0.907. The molecule has 1 aromatic carbocycles. The van der Waals surface area contributed by atoms with Gasteiger partial charge in [0.1, 0.15) is 0 Å². The Morgan fingerprint density at radius 2 is 2.04 bits per heavy atom. The normalized spacial score (nSPS) is 20.3. The van der Waals surface area contributed by atoms with Gasteiger partial charge in [0.05, 0.1) is 18.1 Å². The van der Waals surface area contributed by atoms with Crippen LogP contribution in [-0.2, 0) is 21.0 Å². The Kier molecular flexibility index (Phi) is 8.07. The van der Waals surface area contributed by atoms with Gasteiger partial charge in [0.2, 0.25) is 0 Å². The van der Waals surface area contributed by atoms with Gasteiger partial charge in [-0.05, 0) is 38.0 Å². The van der Waals surface area contributed by atoms with Gasteiger partial charge in [0.15, 0.2) is 15.8 Å². The Morgan fingerprint density at radius 3 is 2.63 bits per heavy atom. The Labute approximate surface area is 163 Å². The molecule has 1 fully saturated rings. The summed E-state index contributed by atoms with van der Waals surface area (Å²) in [5.74, 6) is 0.774. The van der Waals surface area contributed by atoms with Crippen molar-refractivity contribution in [1.29, 1.82) is 0 Å². The lowest BCUT2D eigenvalue weighted by atomic mass is 10.1. The highest BCUT2D eigenvalue weighted by atomic mass is 32.2. The second-order valence-corrected chi connectivity index (χ2v) is 9.07. The highest BCUT2D eigenvalue weighted by Gasteiger charge is 2.23. The van der Waals surface area contributed by atoms with E-state index in [4.69, 9.17) is 4.74 Å². The van der Waals surface area contributed by atoms with E-state index in [1.807, 2.05) is 12.1 Å². The number of sulfone groups is 1. The van der Waals surface area contributed by atoms with Gasteiger partial charge in [0, 0.05) is 45.0 Å². The number of nitrogens with zero attached hydrogens (tertiary/aromatic N) is 2. The van der Waals surface area contributed by atoms with Crippen LogP contribution in [0.4, 0.5) is 0 Å². The Hall–Kier alpha value is -1.64. The van der Waals surface area contributed by atoms with Crippen LogP contribution in [0.1, 0.15) is 19.4 Å². The number of rotatable bonds is 7. The van der Waals surface area contributed by atoms with Gasteiger partial charge in [-0.1, -0.05) is 12.1 Å². The third-order valence-electron chi connectivity index (χ3n) is 4.83. The molecule has 8 heteroatoms. The number of guanidine groups is 1. The Bertz CT molecular complexity index is 719. The Morgan fingerprint density at radius 1 is 1.33 bits per heavy atom. The van der Waals surface area contributed by atoms with Crippen molar-refractivity contribution in [2.75, 3.05) is 46.2 Å². The average Bonchev–Trinajstić information content (AvgIpc) is 2.64. The zero-order valence-electron chi connectivity index (χ0n) is 16.7. The van der Waals surface area contributed by atoms with Crippen molar-refractivity contribution in [2.45, 2.75) is 37.2 Å². The molecule has 0 amide bonds. The molecule has 0 aliphatic carbocycles. The van der Waals surface area contributed by atoms with E-state index in [-0.39, 0.29) is 0 Å². The summed E-state index contributed by atoms with van der Waals surface area (Å²) >= 11 is 0. The van der Waals surface area contributed by atoms with Crippen LogP contribution in [0.25, 0.3) is 0 Å². The van der Waals surface area contributed by atoms with Gasteiger partial charge >= 0.3 is 0 Å². The van der Waals surface area contributed by atoms with Crippen LogP contribution < -0.4 is 10.6 Å². The SMILES string of the molecule is CN=C(NCCc1ccc(S(C)(=O)=O)cc1)NCC(C)N1CCOCC1C. The topological polar surface area (TPSA) is 83.0 Å². The smallest absolute Gasteiger partial charge is 0.191 e. The van der Waals surface area contributed by atoms with Crippen LogP contribution in [0.2, 0.25) is 0 Å². The van der Waals surface area contributed by atoms with Crippen LogP contribution in [0.3, 0.4) is 0 Å². The lowest BCUT2D eigenvalue weighted by molar-refractivity contribution is -0.0174. The van der Waals surface area contributed by atoms with Crippen molar-refractivity contribution >= 4 is 15.8 Å². The third-order valence-corrected chi connectivity index (χ3v) is 5.96. The van der Waals surface area contributed by atoms with Gasteiger partial charge < -0.3 is 15.4 Å². The molecule has 0 saturated carbocycles. The minimum absolute atomic E-state index is 0.350. The quantitative estimate of drug-likeness (QED) is 0.527. The number of hydrogen-bond acceptors (Lipinski definition) is 5. The summed E-state index contributed by atoms with van der Waals surface area (Å²) in [6, 6.07) is 7.85. The van der Waals surface area contributed by atoms with Gasteiger partial charge in [0.25, 0.3) is 0 Å². The standard InChI is InChI=1S/C19H32N4O3S/c1-15(23-11-12-26-14-16(23)2)13-22-19(20-3)21-10-9-17-5-7-18(8-6-17)27(4,24)25/h5-8,15-16H,9-14H2,1-4H3,(H2,20,21,22). The van der Waals surface area contributed by atoms with Gasteiger partial charge in [-0.25, -0.2) is 8.42 Å². The van der Waals surface area contributed by atoms with Crippen LogP contribution in [0, 0.1) is 0 Å². The maximum Gasteiger partial charge on any atom is 0.191 e. The van der Waals surface area contributed by atoms with E-state index < -0.39 is 9.84 Å². The molecular formula is C19H32N4O3S. The van der Waals surface area contributed by atoms with E-state index in [0.29, 0.717) is 17.0 Å². The van der Waals surface area contributed by atoms with E-state index in [9.17, 15) is 8.42 Å². The molecular weight excluding hydrogens is 364 g/mol. The van der Waals surface area contributed by atoms with Crippen molar-refractivity contribution in [3.05, 3.63) is 29.8 Å². The molecule has 1 heterocycles. The number of hydrogen-bond donors (Lipinski definition) is 2. The highest BCUT2D eigenvalue weighted by molar-refractivity contribution is 7.90. The second-order valence-electron chi connectivity index (χ2n) is 7.06. The molecule has 1 aromatic rings. The summed E-state index contributed by atoms with van der Waals surface area (Å²) < 4.78 is 28.5. The lowest BCUT2D eigenvalue weighted by Crippen LogP contribution is -2.53. The van der Waals surface area contributed by atoms with Crippen LogP contribution in [0.5, 0.6) is 0 Å². The fraction of sp³-hybridized carbons (Fsp3) is 0.632. The molecule has 0 aromatic heterocycles. The maximum atomic E-state index is 11.5. The molecule has 2 unspecified atom stereocenters. The molecule has 1 saturated heterocycles. The lowest BCUT2D eigenvalue weighted by Gasteiger charge is -2.38. The molecule has 152 valence electrons. The summed E-state index contributed by atoms with van der Waals surface area (Å²) in [5.41, 5.74) is 1.08. The fourth-order valence-electron chi connectivity index (χ4n) is 3.21. The first kappa shape index (κ1) is 21.7. The highest BCUT2D eigenvalue weighted by Crippen LogP contribution is 2.11. The summed E-state index contributed by atoms with van der Waals surface area (Å²) in [4.78, 5) is 7.08. The second kappa shape index (κ2) is 10.1. The van der Waals surface area contributed by atoms with E-state index >= 15 is 0 Å². The van der Waals surface area contributed by atoms with Crippen molar-refractivity contribution in [3.63, 3.8) is 0 Å². The van der Waals surface area contributed by atoms with E-state index in [1.54, 1.807) is 19.2 Å². The van der Waals surface area contributed by atoms with Crippen LogP contribution in [0.15, 0.2) is 34.2 Å². The number of nitrogens with one attached hydrogen (secondary N) is 2.